The fourth-order valence-electron chi connectivity index (χ4n) is 2.06. The topological polar surface area (TPSA) is 58.3 Å². The van der Waals surface area contributed by atoms with E-state index in [2.05, 4.69) is 49.3 Å². The zero-order chi connectivity index (χ0) is 12.3. The second-order valence-electron chi connectivity index (χ2n) is 4.30. The molecule has 1 aromatic heterocycles. The number of aromatic nitrogens is 2. The van der Waals surface area contributed by atoms with Crippen LogP contribution in [0.3, 0.4) is 0 Å². The van der Waals surface area contributed by atoms with E-state index in [1.54, 1.807) is 6.33 Å². The normalized spacial score (nSPS) is 19.4. The summed E-state index contributed by atoms with van der Waals surface area (Å²) in [5.74, 6) is 1.06. The molecule has 1 unspecified atom stereocenters. The van der Waals surface area contributed by atoms with Gasteiger partial charge in [-0.05, 0) is 29.5 Å². The van der Waals surface area contributed by atoms with Crippen LogP contribution in [0.2, 0.25) is 0 Å². The molecule has 1 aliphatic heterocycles. The summed E-state index contributed by atoms with van der Waals surface area (Å²) in [5, 5.41) is 0. The Hall–Kier alpha value is -0.470. The van der Waals surface area contributed by atoms with E-state index in [-0.39, 0.29) is 0 Å². The molecule has 5 nitrogen and oxygen atoms in total. The van der Waals surface area contributed by atoms with Crippen LogP contribution in [0.25, 0.3) is 0 Å². The molecule has 1 atom stereocenters. The van der Waals surface area contributed by atoms with Crippen LogP contribution in [0.1, 0.15) is 6.92 Å². The SMILES string of the molecule is CC(CN)N1CCN(c2ncncc2I)CC1. The van der Waals surface area contributed by atoms with Crippen molar-refractivity contribution < 1.29 is 0 Å². The van der Waals surface area contributed by atoms with Gasteiger partial charge in [-0.1, -0.05) is 0 Å². The quantitative estimate of drug-likeness (QED) is 0.810. The maximum Gasteiger partial charge on any atom is 0.145 e. The van der Waals surface area contributed by atoms with Crippen LogP contribution in [0, 0.1) is 3.57 Å². The molecule has 1 aliphatic rings. The maximum atomic E-state index is 5.70. The summed E-state index contributed by atoms with van der Waals surface area (Å²) < 4.78 is 1.12. The van der Waals surface area contributed by atoms with Crippen LogP contribution in [0.5, 0.6) is 0 Å². The van der Waals surface area contributed by atoms with Crippen molar-refractivity contribution in [1.82, 2.24) is 14.9 Å². The molecule has 17 heavy (non-hydrogen) atoms. The second kappa shape index (κ2) is 5.92. The van der Waals surface area contributed by atoms with Gasteiger partial charge in [0.2, 0.25) is 0 Å². The minimum Gasteiger partial charge on any atom is -0.353 e. The first-order valence-corrected chi connectivity index (χ1v) is 6.95. The molecule has 1 aromatic rings. The van der Waals surface area contributed by atoms with Crippen molar-refractivity contribution in [2.45, 2.75) is 13.0 Å². The first-order valence-electron chi connectivity index (χ1n) is 5.87. The van der Waals surface area contributed by atoms with Gasteiger partial charge in [0.1, 0.15) is 12.1 Å². The van der Waals surface area contributed by atoms with Crippen molar-refractivity contribution in [1.29, 1.82) is 0 Å². The van der Waals surface area contributed by atoms with Crippen molar-refractivity contribution in [2.75, 3.05) is 37.6 Å². The first kappa shape index (κ1) is 13.0. The van der Waals surface area contributed by atoms with E-state index in [4.69, 9.17) is 5.73 Å². The minimum atomic E-state index is 0.474. The van der Waals surface area contributed by atoms with Crippen LogP contribution in [-0.4, -0.2) is 53.6 Å². The zero-order valence-electron chi connectivity index (χ0n) is 10.0. The van der Waals surface area contributed by atoms with Gasteiger partial charge in [0, 0.05) is 45.0 Å². The summed E-state index contributed by atoms with van der Waals surface area (Å²) >= 11 is 2.29. The highest BCUT2D eigenvalue weighted by molar-refractivity contribution is 14.1. The van der Waals surface area contributed by atoms with Crippen LogP contribution in [0.4, 0.5) is 5.82 Å². The number of rotatable bonds is 3. The van der Waals surface area contributed by atoms with Gasteiger partial charge < -0.3 is 10.6 Å². The lowest BCUT2D eigenvalue weighted by Crippen LogP contribution is -2.51. The van der Waals surface area contributed by atoms with Gasteiger partial charge in [0.15, 0.2) is 0 Å². The van der Waals surface area contributed by atoms with Crippen molar-refractivity contribution >= 4 is 28.4 Å². The Bertz CT molecular complexity index is 365. The van der Waals surface area contributed by atoms with Crippen molar-refractivity contribution in [3.8, 4) is 0 Å². The Morgan fingerprint density at radius 3 is 2.71 bits per heavy atom. The molecule has 2 N–H and O–H groups in total. The highest BCUT2D eigenvalue weighted by Gasteiger charge is 2.22. The third-order valence-corrected chi connectivity index (χ3v) is 3.99. The summed E-state index contributed by atoms with van der Waals surface area (Å²) in [6.45, 7) is 7.04. The number of halogens is 1. The van der Waals surface area contributed by atoms with Crippen LogP contribution in [-0.2, 0) is 0 Å². The van der Waals surface area contributed by atoms with Crippen molar-refractivity contribution in [3.63, 3.8) is 0 Å². The van der Waals surface area contributed by atoms with E-state index in [1.165, 1.54) is 0 Å². The smallest absolute Gasteiger partial charge is 0.145 e. The molecule has 0 saturated carbocycles. The molecule has 1 fully saturated rings. The summed E-state index contributed by atoms with van der Waals surface area (Å²) in [4.78, 5) is 13.1. The highest BCUT2D eigenvalue weighted by atomic mass is 127. The zero-order valence-corrected chi connectivity index (χ0v) is 12.2. The highest BCUT2D eigenvalue weighted by Crippen LogP contribution is 2.19. The monoisotopic (exact) mass is 347 g/mol. The van der Waals surface area contributed by atoms with E-state index < -0.39 is 0 Å². The van der Waals surface area contributed by atoms with E-state index in [9.17, 15) is 0 Å². The van der Waals surface area contributed by atoms with Gasteiger partial charge >= 0.3 is 0 Å². The predicted molar refractivity (Wildman–Crippen MR) is 77.1 cm³/mol. The van der Waals surface area contributed by atoms with Gasteiger partial charge in [-0.15, -0.1) is 0 Å². The lowest BCUT2D eigenvalue weighted by Gasteiger charge is -2.38. The molecular formula is C11H18IN5. The fraction of sp³-hybridized carbons (Fsp3) is 0.636. The molecule has 0 aromatic carbocycles. The standard InChI is InChI=1S/C11H18IN5/c1-9(6-13)16-2-4-17(5-3-16)11-10(12)7-14-8-15-11/h7-9H,2-6,13H2,1H3. The van der Waals surface area contributed by atoms with Gasteiger partial charge in [0.25, 0.3) is 0 Å². The number of anilines is 1. The number of nitrogens with zero attached hydrogens (tertiary/aromatic N) is 4. The lowest BCUT2D eigenvalue weighted by atomic mass is 10.2. The summed E-state index contributed by atoms with van der Waals surface area (Å²) in [7, 11) is 0. The molecule has 94 valence electrons. The van der Waals surface area contributed by atoms with Crippen molar-refractivity contribution in [2.24, 2.45) is 5.73 Å². The summed E-state index contributed by atoms with van der Waals surface area (Å²) in [6, 6.07) is 0.474. The molecule has 0 radical (unpaired) electrons. The maximum absolute atomic E-state index is 5.70. The molecule has 0 spiro atoms. The van der Waals surface area contributed by atoms with Crippen LogP contribution >= 0.6 is 22.6 Å². The molecule has 1 saturated heterocycles. The third kappa shape index (κ3) is 3.05. The summed E-state index contributed by atoms with van der Waals surface area (Å²) in [6.07, 6.45) is 3.48. The van der Waals surface area contributed by atoms with Crippen LogP contribution < -0.4 is 10.6 Å². The Morgan fingerprint density at radius 1 is 1.41 bits per heavy atom. The summed E-state index contributed by atoms with van der Waals surface area (Å²) in [5.41, 5.74) is 5.70. The van der Waals surface area contributed by atoms with E-state index >= 15 is 0 Å². The van der Waals surface area contributed by atoms with Crippen LogP contribution in [0.15, 0.2) is 12.5 Å². The largest absolute Gasteiger partial charge is 0.353 e. The fourth-order valence-corrected chi connectivity index (χ4v) is 2.70. The number of piperazine rings is 1. The second-order valence-corrected chi connectivity index (χ2v) is 5.46. The number of hydrogen-bond donors (Lipinski definition) is 1. The third-order valence-electron chi connectivity index (χ3n) is 3.23. The first-order chi connectivity index (χ1) is 8.22. The average molecular weight is 347 g/mol. The van der Waals surface area contributed by atoms with Gasteiger partial charge in [-0.3, -0.25) is 4.90 Å². The van der Waals surface area contributed by atoms with Crippen molar-refractivity contribution in [3.05, 3.63) is 16.1 Å². The minimum absolute atomic E-state index is 0.474. The van der Waals surface area contributed by atoms with E-state index in [1.807, 2.05) is 6.20 Å². The van der Waals surface area contributed by atoms with Gasteiger partial charge in [-0.25, -0.2) is 9.97 Å². The Labute approximate surface area is 116 Å². The predicted octanol–water partition coefficient (Wildman–Crippen LogP) is 0.550. The van der Waals surface area contributed by atoms with E-state index in [0.717, 1.165) is 42.1 Å². The van der Waals surface area contributed by atoms with Gasteiger partial charge in [-0.2, -0.15) is 0 Å². The van der Waals surface area contributed by atoms with Gasteiger partial charge in [0.05, 0.1) is 3.57 Å². The number of nitrogens with two attached hydrogens (primary N) is 1. The average Bonchev–Trinajstić information content (AvgIpc) is 2.39. The Balaban J connectivity index is 1.98. The molecule has 0 bridgehead atoms. The molecule has 0 aliphatic carbocycles. The molecular weight excluding hydrogens is 329 g/mol. The lowest BCUT2D eigenvalue weighted by molar-refractivity contribution is 0.201. The molecule has 2 heterocycles. The number of hydrogen-bond acceptors (Lipinski definition) is 5. The molecule has 2 rings (SSSR count). The Kier molecular flexibility index (Phi) is 4.52. The molecule has 0 amide bonds. The Morgan fingerprint density at radius 2 is 2.12 bits per heavy atom. The molecule has 6 heteroatoms. The van der Waals surface area contributed by atoms with E-state index in [0.29, 0.717) is 6.04 Å².